The van der Waals surface area contributed by atoms with Crippen molar-refractivity contribution in [2.24, 2.45) is 0 Å². The normalized spacial score (nSPS) is 32.5. The van der Waals surface area contributed by atoms with Gasteiger partial charge in [0.15, 0.2) is 11.5 Å². The van der Waals surface area contributed by atoms with E-state index in [9.17, 15) is 9.13 Å². The second kappa shape index (κ2) is 40.0. The van der Waals surface area contributed by atoms with Crippen molar-refractivity contribution in [3.05, 3.63) is 12.7 Å². The Morgan fingerprint density at radius 3 is 0.903 bits per heavy atom. The summed E-state index contributed by atoms with van der Waals surface area (Å²) in [4.78, 5) is 15.3. The van der Waals surface area contributed by atoms with Crippen LogP contribution in [-0.4, -0.2) is 413 Å². The van der Waals surface area contributed by atoms with Crippen molar-refractivity contribution < 1.29 is 96.8 Å². The van der Waals surface area contributed by atoms with Crippen LogP contribution in [-0.2, 0) is 96.8 Å². The van der Waals surface area contributed by atoms with E-state index >= 15 is 22.8 Å². The number of nitrogens with two attached hydrogens (primary N) is 1. The maximum absolute atomic E-state index is 15.6. The van der Waals surface area contributed by atoms with Gasteiger partial charge in [0, 0.05) is 96.8 Å². The molecule has 0 aromatic carbocycles. The van der Waals surface area contributed by atoms with Crippen molar-refractivity contribution in [3.63, 3.8) is 0 Å². The molecule has 7 unspecified atom stereocenters. The fraction of sp³-hybridized carbons (Fsp3) is 0.924. The Labute approximate surface area is 670 Å². The molecule has 0 amide bonds. The zero-order chi connectivity index (χ0) is 83.4. The van der Waals surface area contributed by atoms with E-state index in [4.69, 9.17) is 70.6 Å². The van der Waals surface area contributed by atoms with E-state index in [-0.39, 0.29) is 148 Å². The molecule has 654 valence electrons. The van der Waals surface area contributed by atoms with Gasteiger partial charge in [-0.3, -0.25) is 41.4 Å². The van der Waals surface area contributed by atoms with Crippen LogP contribution in [0.5, 0.6) is 0 Å². The van der Waals surface area contributed by atoms with Gasteiger partial charge in [0.1, 0.15) is 18.1 Å². The zero-order valence-corrected chi connectivity index (χ0v) is 77.3. The molecule has 0 bridgehead atoms. The lowest BCUT2D eigenvalue weighted by atomic mass is 10.2. The number of fused-ring (bicyclic) bond motifs is 1. The second-order valence-electron chi connectivity index (χ2n) is 32.6. The molecule has 9 heterocycles. The van der Waals surface area contributed by atoms with Gasteiger partial charge in [0.05, 0.1) is 138 Å². The maximum atomic E-state index is 15.6. The number of hydrogen-bond acceptors (Lipinski definition) is 26. The minimum Gasteiger partial charge on any atom is -0.382 e. The molecule has 2 aromatic heterocycles. The fourth-order valence-electron chi connectivity index (χ4n) is 15.2. The highest BCUT2D eigenvalue weighted by Gasteiger charge is 2.51. The zero-order valence-electron chi connectivity index (χ0n) is 71.1. The van der Waals surface area contributed by atoms with Crippen LogP contribution in [0.25, 0.3) is 11.2 Å². The summed E-state index contributed by atoms with van der Waals surface area (Å²) in [6.07, 6.45) is -4.78. The molecule has 7 saturated heterocycles. The lowest BCUT2D eigenvalue weighted by Crippen LogP contribution is -2.52. The van der Waals surface area contributed by atoms with Crippen LogP contribution in [0.15, 0.2) is 12.7 Å². The first-order valence-corrected chi connectivity index (χ1v) is 49.8. The molecule has 2 aromatic rings. The van der Waals surface area contributed by atoms with E-state index in [0.29, 0.717) is 30.3 Å². The van der Waals surface area contributed by atoms with Crippen LogP contribution in [0, 0.1) is 0 Å². The van der Waals surface area contributed by atoms with Gasteiger partial charge >= 0.3 is 46.0 Å². The van der Waals surface area contributed by atoms with Crippen molar-refractivity contribution in [1.29, 1.82) is 0 Å². The molecule has 2 N–H and O–H groups in total. The summed E-state index contributed by atoms with van der Waals surface area (Å²) < 4.78 is 220. The third-order valence-electron chi connectivity index (χ3n) is 20.9. The van der Waals surface area contributed by atoms with Gasteiger partial charge in [0.25, 0.3) is 7.52 Å². The summed E-state index contributed by atoms with van der Waals surface area (Å²) in [6.45, 7) is 21.9. The van der Waals surface area contributed by atoms with Gasteiger partial charge in [-0.1, -0.05) is 13.8 Å². The SMILES string of the molecule is CC(C)N1C[C@@H](COP(=O)(N(C)C)N2C[C@@H](COP(=O)(N(C)C)N3C[C@@H](COP(=O)(N(C)C)N4C[C@@H](COP(=O)(N(C)C)N5C[C@@H](COP(=O)(N(C)C)N6C[C@@H](COP(=O)(N(C)C)N7C[C@@H](COP(=O)(C(C)C)N(C)C)O[C@@H](n8cnc9c(N)ncnc98)C7)O[C@@H](C)C6)O[C@@H](C)C5)O[C@@H](C)C4)O[C@@H](C)C3)O[C@@H](C)C2)O[C@@H](C)C1. The molecular weight excluding hydrogens is 1610 g/mol. The van der Waals surface area contributed by atoms with Crippen LogP contribution in [0.4, 0.5) is 5.82 Å². The molecule has 7 aliphatic heterocycles. The number of aromatic nitrogens is 4. The average molecular weight is 1750 g/mol. The van der Waals surface area contributed by atoms with Gasteiger partial charge < -0.3 is 70.6 Å². The number of nitrogen functional groups attached to an aromatic ring is 1. The Hall–Kier alpha value is -1.16. The third-order valence-corrected chi connectivity index (χ3v) is 39.0. The number of rotatable bonds is 37. The third kappa shape index (κ3) is 22.8. The summed E-state index contributed by atoms with van der Waals surface area (Å²) in [5, 5.41) is 0. The average Bonchev–Trinajstić information content (AvgIpc) is 1.72. The number of imidazole rings is 1. The number of nitrogens with zero attached hydrogens (tertiary/aromatic N) is 18. The van der Waals surface area contributed by atoms with E-state index in [0.717, 1.165) is 6.54 Å². The first-order valence-electron chi connectivity index (χ1n) is 39.0. The molecule has 0 saturated carbocycles. The van der Waals surface area contributed by atoms with Crippen LogP contribution < -0.4 is 5.73 Å². The molecule has 0 aliphatic carbocycles. The molecule has 113 heavy (non-hydrogen) atoms. The van der Waals surface area contributed by atoms with Crippen LogP contribution in [0.2, 0.25) is 0 Å². The van der Waals surface area contributed by atoms with Gasteiger partial charge in [-0.15, -0.1) is 0 Å². The molecule has 40 nitrogen and oxygen atoms in total. The Morgan fingerprint density at radius 2 is 0.628 bits per heavy atom. The van der Waals surface area contributed by atoms with E-state index in [2.05, 4.69) is 33.7 Å². The van der Waals surface area contributed by atoms with E-state index < -0.39 is 121 Å². The predicted octanol–water partition coefficient (Wildman–Crippen LogP) is 6.85. The summed E-state index contributed by atoms with van der Waals surface area (Å²) in [7, 11) is -2.72. The van der Waals surface area contributed by atoms with Gasteiger partial charge in [-0.25, -0.2) is 75.7 Å². The van der Waals surface area contributed by atoms with E-state index in [1.54, 1.807) is 145 Å². The van der Waals surface area contributed by atoms with Gasteiger partial charge in [-0.2, -0.15) is 0 Å². The summed E-state index contributed by atoms with van der Waals surface area (Å²) in [5.74, 6) is 0.173. The lowest BCUT2D eigenvalue weighted by molar-refractivity contribution is -0.118. The number of hydrogen-bond donors (Lipinski definition) is 1. The monoisotopic (exact) mass is 1750 g/mol. The Kier molecular flexibility index (Phi) is 33.9. The van der Waals surface area contributed by atoms with Crippen molar-refractivity contribution >= 4 is 70.5 Å². The van der Waals surface area contributed by atoms with Crippen molar-refractivity contribution in [1.82, 2.24) is 85.1 Å². The molecule has 0 radical (unpaired) electrons. The van der Waals surface area contributed by atoms with Crippen molar-refractivity contribution in [3.8, 4) is 0 Å². The van der Waals surface area contributed by atoms with Crippen LogP contribution in [0.1, 0.15) is 75.5 Å². The first kappa shape index (κ1) is 95.7. The molecule has 7 aliphatic rings. The maximum Gasteiger partial charge on any atom is 0.345 e. The molecule has 47 heteroatoms. The number of morpholine rings is 7. The predicted molar refractivity (Wildman–Crippen MR) is 432 cm³/mol. The Balaban J connectivity index is 0.803. The summed E-state index contributed by atoms with van der Waals surface area (Å²) in [6, 6.07) is 0.323. The summed E-state index contributed by atoms with van der Waals surface area (Å²) >= 11 is 0. The van der Waals surface area contributed by atoms with Crippen molar-refractivity contribution in [2.45, 2.75) is 167 Å². The van der Waals surface area contributed by atoms with Gasteiger partial charge in [-0.05, 0) is 154 Å². The highest BCUT2D eigenvalue weighted by Crippen LogP contribution is 2.62. The molecule has 21 atom stereocenters. The summed E-state index contributed by atoms with van der Waals surface area (Å²) in [5.41, 5.74) is 6.60. The Morgan fingerprint density at radius 1 is 0.363 bits per heavy atom. The minimum atomic E-state index is -3.97. The van der Waals surface area contributed by atoms with Crippen LogP contribution >= 0.6 is 53.5 Å². The fourth-order valence-corrected chi connectivity index (χ4v) is 29.5. The topological polar surface area (TPSA) is 364 Å². The number of anilines is 1. The smallest absolute Gasteiger partial charge is 0.345 e. The molecule has 9 rings (SSSR count). The van der Waals surface area contributed by atoms with E-state index in [1.165, 1.54) is 26.7 Å². The number of ether oxygens (including phenoxy) is 7. The first-order chi connectivity index (χ1) is 52.8. The minimum absolute atomic E-state index is 0.00224. The molecule has 0 spiro atoms. The van der Waals surface area contributed by atoms with Crippen molar-refractivity contribution in [2.75, 3.05) is 242 Å². The molecular formula is C66H134N19O21P7. The quantitative estimate of drug-likeness (QED) is 0.0675. The largest absolute Gasteiger partial charge is 0.382 e. The van der Waals surface area contributed by atoms with Crippen LogP contribution in [0.3, 0.4) is 0 Å². The van der Waals surface area contributed by atoms with E-state index in [1.807, 2.05) is 60.1 Å². The second-order valence-corrected chi connectivity index (χ2v) is 51.4. The Bertz CT molecular complexity index is 3760. The highest BCUT2D eigenvalue weighted by molar-refractivity contribution is 7.57. The molecule has 7 fully saturated rings. The van der Waals surface area contributed by atoms with Gasteiger partial charge in [0.2, 0.25) is 0 Å². The standard InChI is InChI=1S/C66H134N19O21P7/c1-48(2)78-25-50(5)100-56(31-78)40-94-108(87,72(13)14)79-26-51(6)101-57(32-79)41-95-109(88,73(15)16)80-27-52(7)102-58(33-80)42-96-110(89,74(17)18)81-28-53(8)103-59(34-81)43-97-111(90,75(19)20)82-29-54(9)104-60(35-82)44-98-112(91,76(21)22)83-30-55(10)105-61(36-83)45-99-113(92,77(23)24)84-37-62(39-93-107(86,49(3)4)71(11)12)106-63(38-84)85-47-70-64-65(67)68-46-69-66(64)85/h46-63H,25-45H2,1-24H3,(H2,67,68,69)/t50-,51-,52-,53-,54-,55-,56-,57-,58-,59-,60-,61-,62-,63+,107?,108?,109?,110?,111?,112?,113?/m0/s1. The highest BCUT2D eigenvalue weighted by atomic mass is 31.2. The lowest BCUT2D eigenvalue weighted by Gasteiger charge is -2.45.